The molecule has 3 aromatic rings. The van der Waals surface area contributed by atoms with E-state index in [1.807, 2.05) is 17.0 Å². The van der Waals surface area contributed by atoms with Gasteiger partial charge in [0.2, 0.25) is 5.78 Å². The summed E-state index contributed by atoms with van der Waals surface area (Å²) in [6, 6.07) is 8.29. The molecule has 0 unspecified atom stereocenters. The number of hydrogen-bond donors (Lipinski definition) is 0. The normalized spacial score (nSPS) is 15.3. The highest BCUT2D eigenvalue weighted by atomic mass is 32.2. The van der Waals surface area contributed by atoms with E-state index in [-0.39, 0.29) is 11.0 Å². The Balaban J connectivity index is 2.12. The van der Waals surface area contributed by atoms with E-state index < -0.39 is 0 Å². The second-order valence-electron chi connectivity index (χ2n) is 8.06. The van der Waals surface area contributed by atoms with Gasteiger partial charge in [-0.1, -0.05) is 63.7 Å². The summed E-state index contributed by atoms with van der Waals surface area (Å²) < 4.78 is 3.57. The van der Waals surface area contributed by atoms with E-state index in [4.69, 9.17) is 4.98 Å². The Morgan fingerprint density at radius 1 is 1.27 bits per heavy atom. The average molecular weight is 369 g/mol. The lowest BCUT2D eigenvalue weighted by atomic mass is 9.72. The highest BCUT2D eigenvalue weighted by Crippen LogP contribution is 2.40. The van der Waals surface area contributed by atoms with Gasteiger partial charge in [-0.05, 0) is 24.2 Å². The van der Waals surface area contributed by atoms with Crippen LogP contribution in [0.3, 0.4) is 0 Å². The van der Waals surface area contributed by atoms with Crippen LogP contribution >= 0.6 is 11.8 Å². The molecule has 26 heavy (non-hydrogen) atoms. The van der Waals surface area contributed by atoms with Crippen LogP contribution in [-0.2, 0) is 18.4 Å². The lowest BCUT2D eigenvalue weighted by Gasteiger charge is -2.32. The molecule has 5 nitrogen and oxygen atoms in total. The maximum atomic E-state index is 13.5. The Kier molecular flexibility index (Phi) is 3.99. The van der Waals surface area contributed by atoms with E-state index in [9.17, 15) is 4.79 Å². The first-order valence-corrected chi connectivity index (χ1v) is 10.2. The van der Waals surface area contributed by atoms with Crippen molar-refractivity contribution in [2.75, 3.05) is 6.26 Å². The Labute approximate surface area is 157 Å². The summed E-state index contributed by atoms with van der Waals surface area (Å²) in [5, 5.41) is 5.37. The molecular formula is C20H24N4OS. The molecule has 1 aliphatic rings. The van der Waals surface area contributed by atoms with Gasteiger partial charge in [0.15, 0.2) is 5.16 Å². The van der Waals surface area contributed by atoms with Crippen molar-refractivity contribution in [3.05, 3.63) is 45.7 Å². The van der Waals surface area contributed by atoms with Crippen molar-refractivity contribution in [3.63, 3.8) is 0 Å². The maximum Gasteiger partial charge on any atom is 0.265 e. The van der Waals surface area contributed by atoms with Gasteiger partial charge in [-0.3, -0.25) is 4.79 Å². The van der Waals surface area contributed by atoms with Gasteiger partial charge >= 0.3 is 0 Å². The quantitative estimate of drug-likeness (QED) is 0.661. The Morgan fingerprint density at radius 3 is 2.69 bits per heavy atom. The molecule has 0 bridgehead atoms. The molecule has 136 valence electrons. The Morgan fingerprint density at radius 2 is 2.00 bits per heavy atom. The largest absolute Gasteiger partial charge is 0.268 e. The van der Waals surface area contributed by atoms with Gasteiger partial charge < -0.3 is 0 Å². The summed E-state index contributed by atoms with van der Waals surface area (Å²) in [6.07, 6.45) is 2.79. The van der Waals surface area contributed by atoms with Crippen LogP contribution in [0.15, 0.2) is 34.2 Å². The number of thioether (sulfide) groups is 1. The molecule has 2 aromatic heterocycles. The Hall–Kier alpha value is -2.08. The monoisotopic (exact) mass is 368 g/mol. The third kappa shape index (κ3) is 2.50. The fourth-order valence-electron chi connectivity index (χ4n) is 3.92. The summed E-state index contributed by atoms with van der Waals surface area (Å²) in [5.74, 6) is 1.06. The molecule has 1 aromatic carbocycles. The first-order chi connectivity index (χ1) is 12.3. The zero-order chi connectivity index (χ0) is 18.6. The summed E-state index contributed by atoms with van der Waals surface area (Å²) in [4.78, 5) is 18.5. The van der Waals surface area contributed by atoms with Gasteiger partial charge in [-0.2, -0.15) is 0 Å². The summed E-state index contributed by atoms with van der Waals surface area (Å²) in [5.41, 5.74) is 3.70. The number of benzene rings is 1. The molecule has 0 fully saturated rings. The van der Waals surface area contributed by atoms with E-state index in [1.165, 1.54) is 17.3 Å². The van der Waals surface area contributed by atoms with E-state index >= 15 is 0 Å². The topological polar surface area (TPSA) is 52.2 Å². The average Bonchev–Trinajstić information content (AvgIpc) is 2.91. The molecule has 0 aliphatic heterocycles. The fraction of sp³-hybridized carbons (Fsp3) is 0.450. The summed E-state index contributed by atoms with van der Waals surface area (Å²) in [6.45, 7) is 9.29. The molecule has 6 heteroatoms. The van der Waals surface area contributed by atoms with Crippen molar-refractivity contribution in [1.82, 2.24) is 19.2 Å². The standard InChI is InChI=1S/C20H24N4OS/c1-12(2)11-23-18-21-16-14-9-7-6-8-13(14)10-20(3,4)15(16)17(25)24(18)19(22-23)26-5/h6-9,12H,10-11H2,1-5H3. The highest BCUT2D eigenvalue weighted by molar-refractivity contribution is 7.98. The molecule has 0 amide bonds. The van der Waals surface area contributed by atoms with Crippen LogP contribution in [0.4, 0.5) is 0 Å². The zero-order valence-electron chi connectivity index (χ0n) is 15.9. The van der Waals surface area contributed by atoms with Gasteiger partial charge in [-0.15, -0.1) is 5.10 Å². The maximum absolute atomic E-state index is 13.5. The summed E-state index contributed by atoms with van der Waals surface area (Å²) in [7, 11) is 0. The Bertz CT molecular complexity index is 1060. The van der Waals surface area contributed by atoms with E-state index in [1.54, 1.807) is 4.40 Å². The highest BCUT2D eigenvalue weighted by Gasteiger charge is 2.36. The van der Waals surface area contributed by atoms with Crippen LogP contribution in [-0.4, -0.2) is 25.4 Å². The molecular weight excluding hydrogens is 344 g/mol. The second-order valence-corrected chi connectivity index (χ2v) is 8.83. The van der Waals surface area contributed by atoms with Crippen molar-refractivity contribution in [3.8, 4) is 11.3 Å². The van der Waals surface area contributed by atoms with Gasteiger partial charge in [0.1, 0.15) is 0 Å². The molecule has 1 aliphatic carbocycles. The minimum Gasteiger partial charge on any atom is -0.268 e. The number of aromatic nitrogens is 4. The van der Waals surface area contributed by atoms with Crippen molar-refractivity contribution < 1.29 is 0 Å². The van der Waals surface area contributed by atoms with Crippen molar-refractivity contribution in [2.45, 2.75) is 51.2 Å². The van der Waals surface area contributed by atoms with Crippen LogP contribution in [0, 0.1) is 5.92 Å². The second kappa shape index (κ2) is 5.98. The predicted octanol–water partition coefficient (Wildman–Crippen LogP) is 3.77. The van der Waals surface area contributed by atoms with Gasteiger partial charge in [-0.25, -0.2) is 14.1 Å². The van der Waals surface area contributed by atoms with E-state index in [0.717, 1.165) is 29.8 Å². The van der Waals surface area contributed by atoms with Crippen molar-refractivity contribution >= 4 is 17.5 Å². The lowest BCUT2D eigenvalue weighted by molar-refractivity contribution is 0.485. The van der Waals surface area contributed by atoms with Gasteiger partial charge in [0.25, 0.3) is 5.56 Å². The van der Waals surface area contributed by atoms with E-state index in [0.29, 0.717) is 16.9 Å². The molecule has 0 atom stereocenters. The molecule has 0 saturated heterocycles. The van der Waals surface area contributed by atoms with Gasteiger partial charge in [0.05, 0.1) is 11.3 Å². The minimum absolute atomic E-state index is 0.0175. The first kappa shape index (κ1) is 17.3. The molecule has 0 radical (unpaired) electrons. The van der Waals surface area contributed by atoms with Crippen LogP contribution < -0.4 is 5.56 Å². The van der Waals surface area contributed by atoms with Crippen molar-refractivity contribution in [2.24, 2.45) is 5.92 Å². The molecule has 0 spiro atoms. The number of fused-ring (bicyclic) bond motifs is 4. The third-order valence-electron chi connectivity index (χ3n) is 5.00. The smallest absolute Gasteiger partial charge is 0.265 e. The number of nitrogens with zero attached hydrogens (tertiary/aromatic N) is 4. The fourth-order valence-corrected chi connectivity index (χ4v) is 4.45. The van der Waals surface area contributed by atoms with Gasteiger partial charge in [0, 0.05) is 17.5 Å². The molecule has 0 N–H and O–H groups in total. The lowest BCUT2D eigenvalue weighted by Crippen LogP contribution is -2.36. The molecule has 2 heterocycles. The predicted molar refractivity (Wildman–Crippen MR) is 106 cm³/mol. The SMILES string of the molecule is CSc1nn(CC(C)C)c2nc3c(c(=O)n12)C(C)(C)Cc1ccccc1-3. The molecule has 4 rings (SSSR count). The van der Waals surface area contributed by atoms with Crippen LogP contribution in [0.5, 0.6) is 0 Å². The zero-order valence-corrected chi connectivity index (χ0v) is 16.7. The molecule has 0 saturated carbocycles. The number of hydrogen-bond acceptors (Lipinski definition) is 4. The number of rotatable bonds is 3. The van der Waals surface area contributed by atoms with Crippen molar-refractivity contribution in [1.29, 1.82) is 0 Å². The first-order valence-electron chi connectivity index (χ1n) is 9.00. The third-order valence-corrected chi connectivity index (χ3v) is 5.63. The van der Waals surface area contributed by atoms with Crippen LogP contribution in [0.25, 0.3) is 17.0 Å². The minimum atomic E-state index is -0.259. The summed E-state index contributed by atoms with van der Waals surface area (Å²) >= 11 is 1.49. The van der Waals surface area contributed by atoms with E-state index in [2.05, 4.69) is 51.0 Å². The van der Waals surface area contributed by atoms with Crippen LogP contribution in [0.1, 0.15) is 38.8 Å². The van der Waals surface area contributed by atoms with Crippen LogP contribution in [0.2, 0.25) is 0 Å².